The summed E-state index contributed by atoms with van der Waals surface area (Å²) in [7, 11) is 1.69. The summed E-state index contributed by atoms with van der Waals surface area (Å²) >= 11 is 0. The van der Waals surface area contributed by atoms with Gasteiger partial charge >= 0.3 is 0 Å². The second kappa shape index (κ2) is 6.55. The van der Waals surface area contributed by atoms with Crippen LogP contribution in [0.15, 0.2) is 47.9 Å². The number of piperazine rings is 1. The fraction of sp³-hybridized carbons (Fsp3) is 0.278. The lowest BCUT2D eigenvalue weighted by Gasteiger charge is -2.36. The van der Waals surface area contributed by atoms with Gasteiger partial charge in [-0.15, -0.1) is 0 Å². The predicted molar refractivity (Wildman–Crippen MR) is 97.1 cm³/mol. The molecular formula is C18H18N6O2. The van der Waals surface area contributed by atoms with Crippen molar-refractivity contribution >= 4 is 22.5 Å². The van der Waals surface area contributed by atoms with Crippen molar-refractivity contribution in [1.82, 2.24) is 24.4 Å². The molecule has 4 rings (SSSR count). The van der Waals surface area contributed by atoms with E-state index in [9.17, 15) is 9.59 Å². The zero-order valence-corrected chi connectivity index (χ0v) is 14.4. The predicted octanol–water partition coefficient (Wildman–Crippen LogP) is 0.686. The molecule has 3 aromatic rings. The molecule has 1 amide bonds. The van der Waals surface area contributed by atoms with Crippen LogP contribution in [0, 0.1) is 0 Å². The third-order valence-corrected chi connectivity index (χ3v) is 4.62. The molecule has 1 aromatic carbocycles. The molecule has 1 aliphatic rings. The van der Waals surface area contributed by atoms with Gasteiger partial charge in [-0.2, -0.15) is 0 Å². The molecule has 1 fully saturated rings. The Balaban J connectivity index is 1.50. The van der Waals surface area contributed by atoms with Crippen LogP contribution in [0.2, 0.25) is 0 Å². The molecular weight excluding hydrogens is 332 g/mol. The molecule has 0 unspecified atom stereocenters. The van der Waals surface area contributed by atoms with Crippen molar-refractivity contribution in [3.05, 3.63) is 59.2 Å². The van der Waals surface area contributed by atoms with Gasteiger partial charge in [-0.1, -0.05) is 0 Å². The van der Waals surface area contributed by atoms with Crippen LogP contribution in [0.4, 0.5) is 5.69 Å². The summed E-state index contributed by atoms with van der Waals surface area (Å²) in [5.41, 5.74) is 2.00. The number of hydrogen-bond donors (Lipinski definition) is 0. The van der Waals surface area contributed by atoms with Gasteiger partial charge in [0.25, 0.3) is 11.5 Å². The van der Waals surface area contributed by atoms with E-state index in [1.165, 1.54) is 23.3 Å². The van der Waals surface area contributed by atoms with Gasteiger partial charge in [0.1, 0.15) is 5.69 Å². The zero-order valence-electron chi connectivity index (χ0n) is 14.4. The van der Waals surface area contributed by atoms with Crippen LogP contribution in [0.3, 0.4) is 0 Å². The van der Waals surface area contributed by atoms with Crippen LogP contribution in [0.5, 0.6) is 0 Å². The van der Waals surface area contributed by atoms with Crippen LogP contribution in [-0.4, -0.2) is 56.5 Å². The van der Waals surface area contributed by atoms with Crippen molar-refractivity contribution < 1.29 is 4.79 Å². The molecule has 2 aromatic heterocycles. The number of rotatable bonds is 2. The first-order chi connectivity index (χ1) is 12.6. The summed E-state index contributed by atoms with van der Waals surface area (Å²) in [4.78, 5) is 40.9. The maximum atomic E-state index is 12.4. The lowest BCUT2D eigenvalue weighted by molar-refractivity contribution is 0.0740. The summed E-state index contributed by atoms with van der Waals surface area (Å²) in [6.45, 7) is 2.64. The van der Waals surface area contributed by atoms with Crippen molar-refractivity contribution in [2.45, 2.75) is 0 Å². The van der Waals surface area contributed by atoms with Gasteiger partial charge in [-0.05, 0) is 18.2 Å². The molecule has 0 bridgehead atoms. The zero-order chi connectivity index (χ0) is 18.1. The van der Waals surface area contributed by atoms with Gasteiger partial charge in [-0.3, -0.25) is 14.6 Å². The monoisotopic (exact) mass is 350 g/mol. The van der Waals surface area contributed by atoms with Crippen molar-refractivity contribution in [3.8, 4) is 0 Å². The fourth-order valence-corrected chi connectivity index (χ4v) is 3.13. The Hall–Kier alpha value is -3.29. The Labute approximate surface area is 149 Å². The first-order valence-corrected chi connectivity index (χ1v) is 8.39. The van der Waals surface area contributed by atoms with Gasteiger partial charge in [0.2, 0.25) is 0 Å². The maximum absolute atomic E-state index is 12.4. The summed E-state index contributed by atoms with van der Waals surface area (Å²) in [5.74, 6) is -0.0959. The lowest BCUT2D eigenvalue weighted by Crippen LogP contribution is -2.49. The van der Waals surface area contributed by atoms with Gasteiger partial charge in [-0.25, -0.2) is 9.97 Å². The van der Waals surface area contributed by atoms with Crippen LogP contribution >= 0.6 is 0 Å². The van der Waals surface area contributed by atoms with Crippen LogP contribution in [0.1, 0.15) is 10.5 Å². The highest BCUT2D eigenvalue weighted by Crippen LogP contribution is 2.20. The Morgan fingerprint density at radius 1 is 1.08 bits per heavy atom. The number of aryl methyl sites for hydroxylation is 1. The Kier molecular flexibility index (Phi) is 4.08. The average Bonchev–Trinajstić information content (AvgIpc) is 2.71. The molecule has 1 saturated heterocycles. The van der Waals surface area contributed by atoms with E-state index in [1.807, 2.05) is 18.2 Å². The molecule has 1 aliphatic heterocycles. The van der Waals surface area contributed by atoms with Gasteiger partial charge in [0.05, 0.1) is 23.4 Å². The topological polar surface area (TPSA) is 84.2 Å². The standard InChI is InChI=1S/C18H18N6O2/c1-22-12-21-15-10-13(2-3-14(15)17(22)25)23-6-8-24(9-7-23)18(26)16-11-19-4-5-20-16/h2-5,10-12H,6-9H2,1H3. The molecule has 3 heterocycles. The van der Waals surface area contributed by atoms with Crippen LogP contribution in [-0.2, 0) is 7.05 Å². The van der Waals surface area contributed by atoms with Crippen molar-refractivity contribution in [3.63, 3.8) is 0 Å². The smallest absolute Gasteiger partial charge is 0.274 e. The number of carbonyl (C=O) groups excluding carboxylic acids is 1. The van der Waals surface area contributed by atoms with Crippen molar-refractivity contribution in [2.75, 3.05) is 31.1 Å². The molecule has 0 aliphatic carbocycles. The molecule has 0 radical (unpaired) electrons. The highest BCUT2D eigenvalue weighted by molar-refractivity contribution is 5.92. The van der Waals surface area contributed by atoms with E-state index in [1.54, 1.807) is 18.1 Å². The first-order valence-electron chi connectivity index (χ1n) is 8.39. The second-order valence-corrected chi connectivity index (χ2v) is 6.23. The van der Waals surface area contributed by atoms with Gasteiger partial charge in [0, 0.05) is 51.3 Å². The van der Waals surface area contributed by atoms with E-state index in [0.717, 1.165) is 5.69 Å². The molecule has 8 heteroatoms. The molecule has 0 N–H and O–H groups in total. The minimum Gasteiger partial charge on any atom is -0.368 e. The number of anilines is 1. The van der Waals surface area contributed by atoms with Crippen molar-refractivity contribution in [2.24, 2.45) is 7.05 Å². The highest BCUT2D eigenvalue weighted by Gasteiger charge is 2.23. The third kappa shape index (κ3) is 2.90. The van der Waals surface area contributed by atoms with E-state index < -0.39 is 0 Å². The van der Waals surface area contributed by atoms with E-state index >= 15 is 0 Å². The minimum absolute atomic E-state index is 0.0547. The first kappa shape index (κ1) is 16.2. The Morgan fingerprint density at radius 3 is 2.62 bits per heavy atom. The van der Waals surface area contributed by atoms with E-state index in [0.29, 0.717) is 42.8 Å². The SMILES string of the molecule is Cn1cnc2cc(N3CCN(C(=O)c4cnccn4)CC3)ccc2c1=O. The number of amides is 1. The summed E-state index contributed by atoms with van der Waals surface area (Å²) in [6, 6.07) is 5.68. The molecule has 26 heavy (non-hydrogen) atoms. The van der Waals surface area contributed by atoms with Crippen molar-refractivity contribution in [1.29, 1.82) is 0 Å². The number of nitrogens with zero attached hydrogens (tertiary/aromatic N) is 6. The number of hydrogen-bond acceptors (Lipinski definition) is 6. The molecule has 0 saturated carbocycles. The largest absolute Gasteiger partial charge is 0.368 e. The highest BCUT2D eigenvalue weighted by atomic mass is 16.2. The average molecular weight is 350 g/mol. The molecule has 132 valence electrons. The molecule has 0 atom stereocenters. The summed E-state index contributed by atoms with van der Waals surface area (Å²) in [6.07, 6.45) is 6.10. The number of carbonyl (C=O) groups is 1. The van der Waals surface area contributed by atoms with Crippen LogP contribution in [0.25, 0.3) is 10.9 Å². The third-order valence-electron chi connectivity index (χ3n) is 4.62. The number of aromatic nitrogens is 4. The molecule has 0 spiro atoms. The van der Waals surface area contributed by atoms with Gasteiger partial charge in [0.15, 0.2) is 0 Å². The minimum atomic E-state index is -0.0959. The Morgan fingerprint density at radius 2 is 1.88 bits per heavy atom. The van der Waals surface area contributed by atoms with E-state index in [2.05, 4.69) is 19.9 Å². The summed E-state index contributed by atoms with van der Waals surface area (Å²) < 4.78 is 1.47. The number of fused-ring (bicyclic) bond motifs is 1. The summed E-state index contributed by atoms with van der Waals surface area (Å²) in [5, 5.41) is 0.607. The molecule has 8 nitrogen and oxygen atoms in total. The fourth-order valence-electron chi connectivity index (χ4n) is 3.13. The Bertz CT molecular complexity index is 1010. The quantitative estimate of drug-likeness (QED) is 0.676. The lowest BCUT2D eigenvalue weighted by atomic mass is 10.2. The van der Waals surface area contributed by atoms with E-state index in [4.69, 9.17) is 0 Å². The van der Waals surface area contributed by atoms with Crippen LogP contribution < -0.4 is 10.5 Å². The maximum Gasteiger partial charge on any atom is 0.274 e. The van der Waals surface area contributed by atoms with E-state index in [-0.39, 0.29) is 11.5 Å². The normalized spacial score (nSPS) is 14.7. The van der Waals surface area contributed by atoms with Gasteiger partial charge < -0.3 is 14.4 Å². The second-order valence-electron chi connectivity index (χ2n) is 6.23. The number of benzene rings is 1.